The van der Waals surface area contributed by atoms with E-state index in [-0.39, 0.29) is 23.3 Å². The van der Waals surface area contributed by atoms with E-state index in [1.807, 2.05) is 6.07 Å². The summed E-state index contributed by atoms with van der Waals surface area (Å²) in [6, 6.07) is 10.00. The Hall–Kier alpha value is -2.36. The van der Waals surface area contributed by atoms with Crippen LogP contribution in [0.2, 0.25) is 0 Å². The van der Waals surface area contributed by atoms with E-state index in [0.29, 0.717) is 0 Å². The molecule has 0 radical (unpaired) electrons. The zero-order chi connectivity index (χ0) is 19.7. The van der Waals surface area contributed by atoms with Gasteiger partial charge in [0.15, 0.2) is 0 Å². The van der Waals surface area contributed by atoms with E-state index in [1.165, 1.54) is 0 Å². The fraction of sp³-hybridized carbons (Fsp3) is 0.368. The van der Waals surface area contributed by atoms with Gasteiger partial charge in [-0.05, 0) is 5.56 Å². The standard InChI is InChI=1S/C19H22O8/c20-8-13-16(24)17(25)18(26)19(27-13)14-12(22)7-11(21)10(15(14)23)6-9-4-2-1-3-5-9/h1-5,7,13,16-26H,6,8H2/t13-,16-,17+,18-,19+/m1/s1. The summed E-state index contributed by atoms with van der Waals surface area (Å²) in [5.74, 6) is -1.39. The molecule has 2 aromatic carbocycles. The molecule has 2 aromatic rings. The topological polar surface area (TPSA) is 151 Å². The SMILES string of the molecule is OC[C@H]1O[C@@H](c2c(O)cc(O)c(Cc3ccccc3)c2O)[C@H](O)[C@@H](O)[C@@H]1O. The van der Waals surface area contributed by atoms with Gasteiger partial charge in [0, 0.05) is 18.1 Å². The smallest absolute Gasteiger partial charge is 0.132 e. The molecule has 27 heavy (non-hydrogen) atoms. The monoisotopic (exact) mass is 378 g/mol. The quantitative estimate of drug-likeness (QED) is 0.390. The maximum absolute atomic E-state index is 10.7. The predicted molar refractivity (Wildman–Crippen MR) is 93.4 cm³/mol. The first-order valence-electron chi connectivity index (χ1n) is 8.46. The van der Waals surface area contributed by atoms with Gasteiger partial charge in [0.1, 0.15) is 47.8 Å². The molecule has 0 spiro atoms. The molecule has 1 heterocycles. The van der Waals surface area contributed by atoms with Crippen LogP contribution < -0.4 is 0 Å². The average Bonchev–Trinajstić information content (AvgIpc) is 2.65. The van der Waals surface area contributed by atoms with Gasteiger partial charge in [-0.3, -0.25) is 0 Å². The number of aromatic hydroxyl groups is 3. The van der Waals surface area contributed by atoms with Crippen LogP contribution >= 0.6 is 0 Å². The van der Waals surface area contributed by atoms with Gasteiger partial charge in [-0.15, -0.1) is 0 Å². The summed E-state index contributed by atoms with van der Waals surface area (Å²) in [4.78, 5) is 0. The van der Waals surface area contributed by atoms with Crippen LogP contribution in [-0.4, -0.2) is 66.8 Å². The lowest BCUT2D eigenvalue weighted by molar-refractivity contribution is -0.232. The van der Waals surface area contributed by atoms with Crippen molar-refractivity contribution < 1.29 is 40.5 Å². The second kappa shape index (κ2) is 7.71. The summed E-state index contributed by atoms with van der Waals surface area (Å²) in [5, 5.41) is 70.5. The van der Waals surface area contributed by atoms with Crippen LogP contribution in [0.1, 0.15) is 22.8 Å². The Balaban J connectivity index is 2.03. The first-order chi connectivity index (χ1) is 12.8. The number of rotatable bonds is 4. The second-order valence-electron chi connectivity index (χ2n) is 6.57. The van der Waals surface area contributed by atoms with E-state index in [0.717, 1.165) is 11.6 Å². The van der Waals surface area contributed by atoms with Gasteiger partial charge in [0.25, 0.3) is 0 Å². The van der Waals surface area contributed by atoms with Crippen LogP contribution in [0.25, 0.3) is 0 Å². The number of benzene rings is 2. The molecule has 1 saturated heterocycles. The van der Waals surface area contributed by atoms with Gasteiger partial charge < -0.3 is 40.5 Å². The summed E-state index contributed by atoms with van der Waals surface area (Å²) >= 11 is 0. The van der Waals surface area contributed by atoms with Gasteiger partial charge in [-0.1, -0.05) is 30.3 Å². The molecule has 1 aliphatic rings. The van der Waals surface area contributed by atoms with Crippen molar-refractivity contribution in [2.45, 2.75) is 36.9 Å². The summed E-state index contributed by atoms with van der Waals surface area (Å²) in [7, 11) is 0. The number of phenols is 3. The zero-order valence-corrected chi connectivity index (χ0v) is 14.3. The normalized spacial score (nSPS) is 28.2. The predicted octanol–water partition coefficient (Wildman–Crippen LogP) is -0.0909. The summed E-state index contributed by atoms with van der Waals surface area (Å²) in [6.07, 6.45) is -7.37. The molecule has 8 heteroatoms. The third-order valence-corrected chi connectivity index (χ3v) is 4.80. The van der Waals surface area contributed by atoms with Crippen molar-refractivity contribution in [3.05, 3.63) is 53.1 Å². The van der Waals surface area contributed by atoms with Crippen molar-refractivity contribution in [1.29, 1.82) is 0 Å². The first kappa shape index (κ1) is 19.4. The van der Waals surface area contributed by atoms with Crippen molar-refractivity contribution in [3.63, 3.8) is 0 Å². The number of aliphatic hydroxyl groups is 4. The Morgan fingerprint density at radius 2 is 1.52 bits per heavy atom. The van der Waals surface area contributed by atoms with Crippen LogP contribution in [0.4, 0.5) is 0 Å². The highest BCUT2D eigenvalue weighted by atomic mass is 16.5. The molecular weight excluding hydrogens is 356 g/mol. The lowest BCUT2D eigenvalue weighted by Crippen LogP contribution is -2.55. The van der Waals surface area contributed by atoms with Gasteiger partial charge in [-0.25, -0.2) is 0 Å². The third-order valence-electron chi connectivity index (χ3n) is 4.80. The van der Waals surface area contributed by atoms with Crippen LogP contribution in [-0.2, 0) is 11.2 Å². The van der Waals surface area contributed by atoms with Crippen LogP contribution in [0, 0.1) is 0 Å². The van der Waals surface area contributed by atoms with Crippen molar-refractivity contribution >= 4 is 0 Å². The van der Waals surface area contributed by atoms with E-state index in [2.05, 4.69) is 0 Å². The number of hydrogen-bond acceptors (Lipinski definition) is 8. The highest BCUT2D eigenvalue weighted by Crippen LogP contribution is 2.46. The molecule has 0 aliphatic carbocycles. The van der Waals surface area contributed by atoms with Crippen molar-refractivity contribution in [2.75, 3.05) is 6.61 Å². The summed E-state index contributed by atoms with van der Waals surface area (Å²) < 4.78 is 5.41. The largest absolute Gasteiger partial charge is 0.507 e. The van der Waals surface area contributed by atoms with Crippen LogP contribution in [0.15, 0.2) is 36.4 Å². The van der Waals surface area contributed by atoms with Crippen LogP contribution in [0.3, 0.4) is 0 Å². The number of ether oxygens (including phenoxy) is 1. The number of aliphatic hydroxyl groups excluding tert-OH is 4. The Kier molecular flexibility index (Phi) is 5.54. The molecule has 7 N–H and O–H groups in total. The van der Waals surface area contributed by atoms with E-state index in [9.17, 15) is 35.7 Å². The van der Waals surface area contributed by atoms with Gasteiger partial charge in [0.2, 0.25) is 0 Å². The van der Waals surface area contributed by atoms with Gasteiger partial charge in [-0.2, -0.15) is 0 Å². The summed E-state index contributed by atoms with van der Waals surface area (Å²) in [5.41, 5.74) is 0.648. The highest BCUT2D eigenvalue weighted by Gasteiger charge is 2.46. The molecule has 0 unspecified atom stereocenters. The summed E-state index contributed by atoms with van der Waals surface area (Å²) in [6.45, 7) is -0.641. The highest BCUT2D eigenvalue weighted by molar-refractivity contribution is 5.58. The molecule has 3 rings (SSSR count). The van der Waals surface area contributed by atoms with Crippen molar-refractivity contribution in [2.24, 2.45) is 0 Å². The lowest BCUT2D eigenvalue weighted by Gasteiger charge is -2.40. The maximum Gasteiger partial charge on any atom is 0.132 e. The molecule has 0 saturated carbocycles. The fourth-order valence-corrected chi connectivity index (χ4v) is 3.29. The average molecular weight is 378 g/mol. The fourth-order valence-electron chi connectivity index (χ4n) is 3.29. The van der Waals surface area contributed by atoms with E-state index in [4.69, 9.17) is 4.74 Å². The minimum atomic E-state index is -1.67. The first-order valence-corrected chi connectivity index (χ1v) is 8.46. The van der Waals surface area contributed by atoms with Crippen molar-refractivity contribution in [1.82, 2.24) is 0 Å². The molecular formula is C19H22O8. The van der Waals surface area contributed by atoms with Crippen LogP contribution in [0.5, 0.6) is 17.2 Å². The third kappa shape index (κ3) is 3.58. The number of phenolic OH excluding ortho intramolecular Hbond substituents is 3. The van der Waals surface area contributed by atoms with E-state index in [1.54, 1.807) is 24.3 Å². The molecule has 0 bridgehead atoms. The Labute approximate surface area is 155 Å². The second-order valence-corrected chi connectivity index (χ2v) is 6.57. The van der Waals surface area contributed by atoms with Gasteiger partial charge >= 0.3 is 0 Å². The maximum atomic E-state index is 10.7. The molecule has 5 atom stereocenters. The Morgan fingerprint density at radius 1 is 0.852 bits per heavy atom. The van der Waals surface area contributed by atoms with Crippen molar-refractivity contribution in [3.8, 4) is 17.2 Å². The molecule has 0 aromatic heterocycles. The number of hydrogen-bond donors (Lipinski definition) is 7. The molecule has 0 amide bonds. The van der Waals surface area contributed by atoms with E-state index >= 15 is 0 Å². The van der Waals surface area contributed by atoms with E-state index < -0.39 is 48.6 Å². The Bertz CT molecular complexity index is 792. The Morgan fingerprint density at radius 3 is 2.15 bits per heavy atom. The molecule has 8 nitrogen and oxygen atoms in total. The molecule has 146 valence electrons. The lowest BCUT2D eigenvalue weighted by atomic mass is 9.88. The minimum Gasteiger partial charge on any atom is -0.507 e. The molecule has 1 aliphatic heterocycles. The van der Waals surface area contributed by atoms with Gasteiger partial charge in [0.05, 0.1) is 12.2 Å². The molecule has 1 fully saturated rings. The zero-order valence-electron chi connectivity index (χ0n) is 14.3. The minimum absolute atomic E-state index is 0.103.